The van der Waals surface area contributed by atoms with Crippen molar-refractivity contribution < 1.29 is 9.72 Å². The Bertz CT molecular complexity index is 780. The zero-order valence-corrected chi connectivity index (χ0v) is 14.7. The molecule has 2 aromatic carbocycles. The van der Waals surface area contributed by atoms with Crippen LogP contribution in [0.4, 0.5) is 5.69 Å². The molecule has 1 amide bonds. The van der Waals surface area contributed by atoms with Crippen molar-refractivity contribution in [1.29, 1.82) is 0 Å². The Kier molecular flexibility index (Phi) is 5.80. The van der Waals surface area contributed by atoms with Crippen molar-refractivity contribution in [3.8, 4) is 0 Å². The predicted octanol–water partition coefficient (Wildman–Crippen LogP) is 4.66. The highest BCUT2D eigenvalue weighted by molar-refractivity contribution is 6.35. The van der Waals surface area contributed by atoms with E-state index in [1.54, 1.807) is 42.3 Å². The third kappa shape index (κ3) is 4.24. The summed E-state index contributed by atoms with van der Waals surface area (Å²) in [7, 11) is 1.66. The normalized spacial score (nSPS) is 11.8. The van der Waals surface area contributed by atoms with Crippen LogP contribution in [0.25, 0.3) is 0 Å². The fourth-order valence-corrected chi connectivity index (χ4v) is 2.77. The van der Waals surface area contributed by atoms with E-state index in [2.05, 4.69) is 0 Å². The lowest BCUT2D eigenvalue weighted by Crippen LogP contribution is -2.31. The van der Waals surface area contributed by atoms with Crippen LogP contribution in [-0.4, -0.2) is 22.8 Å². The summed E-state index contributed by atoms with van der Waals surface area (Å²) in [6, 6.07) is 11.0. The zero-order valence-electron chi connectivity index (χ0n) is 13.2. The molecular weight excluding hydrogens is 351 g/mol. The maximum Gasteiger partial charge on any atom is 0.269 e. The van der Waals surface area contributed by atoms with Crippen molar-refractivity contribution in [2.45, 2.75) is 19.4 Å². The number of hydrogen-bond acceptors (Lipinski definition) is 3. The highest BCUT2D eigenvalue weighted by Crippen LogP contribution is 2.25. The summed E-state index contributed by atoms with van der Waals surface area (Å²) < 4.78 is 0. The van der Waals surface area contributed by atoms with Crippen LogP contribution in [-0.2, 0) is 11.2 Å². The number of rotatable bonds is 5. The fraction of sp³-hybridized carbons (Fsp3) is 0.235. The minimum Gasteiger partial charge on any atom is -0.339 e. The van der Waals surface area contributed by atoms with Gasteiger partial charge in [-0.1, -0.05) is 41.4 Å². The zero-order chi connectivity index (χ0) is 17.9. The quantitative estimate of drug-likeness (QED) is 0.570. The first kappa shape index (κ1) is 18.2. The van der Waals surface area contributed by atoms with Crippen molar-refractivity contribution in [3.63, 3.8) is 0 Å². The van der Waals surface area contributed by atoms with Crippen molar-refractivity contribution in [2.24, 2.45) is 0 Å². The standard InChI is InChI=1S/C17H16Cl2N2O3/c1-11(12-4-3-5-15(8-12)21(23)24)20(2)17(22)9-13-6-7-14(18)10-16(13)19/h3-8,10-11H,9H2,1-2H3/t11-/m0/s1. The van der Waals surface area contributed by atoms with Gasteiger partial charge in [-0.05, 0) is 30.2 Å². The van der Waals surface area contributed by atoms with Gasteiger partial charge in [0.2, 0.25) is 5.91 Å². The van der Waals surface area contributed by atoms with E-state index < -0.39 is 4.92 Å². The Morgan fingerprint density at radius 3 is 2.58 bits per heavy atom. The van der Waals surface area contributed by atoms with E-state index in [4.69, 9.17) is 23.2 Å². The Labute approximate surface area is 149 Å². The van der Waals surface area contributed by atoms with E-state index in [0.717, 1.165) is 0 Å². The van der Waals surface area contributed by atoms with Crippen molar-refractivity contribution in [2.75, 3.05) is 7.05 Å². The van der Waals surface area contributed by atoms with Gasteiger partial charge in [0.1, 0.15) is 0 Å². The first-order chi connectivity index (χ1) is 11.3. The largest absolute Gasteiger partial charge is 0.339 e. The second-order valence-electron chi connectivity index (χ2n) is 5.45. The molecule has 24 heavy (non-hydrogen) atoms. The molecule has 2 aromatic rings. The van der Waals surface area contributed by atoms with Gasteiger partial charge in [0.05, 0.1) is 17.4 Å². The second kappa shape index (κ2) is 7.64. The summed E-state index contributed by atoms with van der Waals surface area (Å²) in [6.45, 7) is 1.82. The monoisotopic (exact) mass is 366 g/mol. The minimum atomic E-state index is -0.453. The maximum absolute atomic E-state index is 12.5. The van der Waals surface area contributed by atoms with Gasteiger partial charge in [0, 0.05) is 29.2 Å². The highest BCUT2D eigenvalue weighted by atomic mass is 35.5. The number of amides is 1. The van der Waals surface area contributed by atoms with E-state index >= 15 is 0 Å². The number of carbonyl (C=O) groups excluding carboxylic acids is 1. The van der Waals surface area contributed by atoms with Gasteiger partial charge >= 0.3 is 0 Å². The van der Waals surface area contributed by atoms with E-state index in [1.807, 2.05) is 6.92 Å². The van der Waals surface area contributed by atoms with Crippen molar-refractivity contribution in [1.82, 2.24) is 4.90 Å². The molecular formula is C17H16Cl2N2O3. The first-order valence-electron chi connectivity index (χ1n) is 7.23. The van der Waals surface area contributed by atoms with Crippen LogP contribution in [0.5, 0.6) is 0 Å². The number of hydrogen-bond donors (Lipinski definition) is 0. The van der Waals surface area contributed by atoms with E-state index in [0.29, 0.717) is 21.2 Å². The molecule has 0 N–H and O–H groups in total. The fourth-order valence-electron chi connectivity index (χ4n) is 2.29. The average molecular weight is 367 g/mol. The number of halogens is 2. The molecule has 7 heteroatoms. The van der Waals surface area contributed by atoms with Crippen LogP contribution >= 0.6 is 23.2 Å². The Morgan fingerprint density at radius 1 is 1.25 bits per heavy atom. The summed E-state index contributed by atoms with van der Waals surface area (Å²) in [5.41, 5.74) is 1.38. The number of nitro benzene ring substituents is 1. The van der Waals surface area contributed by atoms with Gasteiger partial charge in [0.15, 0.2) is 0 Å². The summed E-state index contributed by atoms with van der Waals surface area (Å²) in [6.07, 6.45) is 0.131. The molecule has 0 saturated heterocycles. The topological polar surface area (TPSA) is 63.5 Å². The van der Waals surface area contributed by atoms with Crippen LogP contribution in [0, 0.1) is 10.1 Å². The molecule has 2 rings (SSSR count). The second-order valence-corrected chi connectivity index (χ2v) is 6.29. The Balaban J connectivity index is 2.14. The lowest BCUT2D eigenvalue weighted by molar-refractivity contribution is -0.384. The van der Waals surface area contributed by atoms with Gasteiger partial charge in [-0.15, -0.1) is 0 Å². The van der Waals surface area contributed by atoms with E-state index in [1.165, 1.54) is 12.1 Å². The molecule has 5 nitrogen and oxygen atoms in total. The number of carbonyl (C=O) groups is 1. The number of likely N-dealkylation sites (N-methyl/N-ethyl adjacent to an activating group) is 1. The molecule has 0 unspecified atom stereocenters. The number of nitro groups is 1. The SMILES string of the molecule is C[C@@H](c1cccc([N+](=O)[O-])c1)N(C)C(=O)Cc1ccc(Cl)cc1Cl. The average Bonchev–Trinajstić information content (AvgIpc) is 2.56. The lowest BCUT2D eigenvalue weighted by Gasteiger charge is -2.25. The maximum atomic E-state index is 12.5. The van der Waals surface area contributed by atoms with Crippen molar-refractivity contribution >= 4 is 34.8 Å². The molecule has 0 fully saturated rings. The van der Waals surface area contributed by atoms with Gasteiger partial charge < -0.3 is 4.90 Å². The van der Waals surface area contributed by atoms with Gasteiger partial charge in [0.25, 0.3) is 5.69 Å². The molecule has 0 spiro atoms. The Hall–Kier alpha value is -2.11. The highest BCUT2D eigenvalue weighted by Gasteiger charge is 2.20. The third-order valence-electron chi connectivity index (χ3n) is 3.89. The molecule has 126 valence electrons. The lowest BCUT2D eigenvalue weighted by atomic mass is 10.1. The van der Waals surface area contributed by atoms with Crippen LogP contribution < -0.4 is 0 Å². The Morgan fingerprint density at radius 2 is 1.96 bits per heavy atom. The van der Waals surface area contributed by atoms with Crippen LogP contribution in [0.2, 0.25) is 10.0 Å². The summed E-state index contributed by atoms with van der Waals surface area (Å²) in [5, 5.41) is 11.8. The molecule has 0 aliphatic rings. The van der Waals surface area contributed by atoms with Gasteiger partial charge in [-0.2, -0.15) is 0 Å². The number of non-ortho nitro benzene ring substituents is 1. The van der Waals surface area contributed by atoms with E-state index in [9.17, 15) is 14.9 Å². The van der Waals surface area contributed by atoms with Crippen LogP contribution in [0.15, 0.2) is 42.5 Å². The molecule has 0 aromatic heterocycles. The summed E-state index contributed by atoms with van der Waals surface area (Å²) in [4.78, 5) is 24.5. The van der Waals surface area contributed by atoms with Crippen LogP contribution in [0.1, 0.15) is 24.1 Å². The molecule has 1 atom stereocenters. The summed E-state index contributed by atoms with van der Waals surface area (Å²) >= 11 is 12.0. The predicted molar refractivity (Wildman–Crippen MR) is 94.4 cm³/mol. The van der Waals surface area contributed by atoms with Gasteiger partial charge in [-0.25, -0.2) is 0 Å². The molecule has 0 aliphatic heterocycles. The minimum absolute atomic E-state index is 0.000875. The third-order valence-corrected chi connectivity index (χ3v) is 4.48. The van der Waals surface area contributed by atoms with Crippen molar-refractivity contribution in [3.05, 3.63) is 73.8 Å². The van der Waals surface area contributed by atoms with Crippen LogP contribution in [0.3, 0.4) is 0 Å². The molecule has 0 radical (unpaired) electrons. The molecule has 0 heterocycles. The molecule has 0 saturated carbocycles. The van der Waals surface area contributed by atoms with Gasteiger partial charge in [-0.3, -0.25) is 14.9 Å². The summed E-state index contributed by atoms with van der Waals surface area (Å²) in [5.74, 6) is -0.141. The van der Waals surface area contributed by atoms with E-state index in [-0.39, 0.29) is 24.1 Å². The number of nitrogens with zero attached hydrogens (tertiary/aromatic N) is 2. The molecule has 0 bridgehead atoms. The molecule has 0 aliphatic carbocycles. The smallest absolute Gasteiger partial charge is 0.269 e. The first-order valence-corrected chi connectivity index (χ1v) is 7.99. The number of benzene rings is 2.